The highest BCUT2D eigenvalue weighted by Crippen LogP contribution is 2.31. The maximum atomic E-state index is 11.0. The number of carbonyl (C=O) groups excluding carboxylic acids is 1. The highest BCUT2D eigenvalue weighted by atomic mass is 32.1. The van der Waals surface area contributed by atoms with Gasteiger partial charge >= 0.3 is 0 Å². The predicted molar refractivity (Wildman–Crippen MR) is 78.4 cm³/mol. The molecule has 1 fully saturated rings. The Bertz CT molecular complexity index is 562. The molecule has 1 aromatic carbocycles. The fourth-order valence-electron chi connectivity index (χ4n) is 2.69. The molecule has 2 N–H and O–H groups in total. The third-order valence-corrected chi connectivity index (χ3v) is 4.66. The average molecular weight is 275 g/mol. The summed E-state index contributed by atoms with van der Waals surface area (Å²) < 4.78 is 1.22. The molecular formula is C14H17N3OS. The fourth-order valence-corrected chi connectivity index (χ4v) is 3.69. The van der Waals surface area contributed by atoms with Crippen LogP contribution in [0.1, 0.15) is 19.3 Å². The number of nitrogens with zero attached hydrogens (tertiary/aromatic N) is 2. The van der Waals surface area contributed by atoms with Gasteiger partial charge in [-0.2, -0.15) is 0 Å². The molecule has 5 heteroatoms. The SMILES string of the molecule is NC(=O)CC1CCCN(c2nc3ccccc3s2)C1. The standard InChI is InChI=1S/C14H17N3OS/c15-13(18)8-10-4-3-7-17(9-10)14-16-11-5-1-2-6-12(11)19-14/h1-2,5-6,10H,3-4,7-9H2,(H2,15,18). The topological polar surface area (TPSA) is 59.2 Å². The van der Waals surface area contributed by atoms with Crippen molar-refractivity contribution in [2.75, 3.05) is 18.0 Å². The molecule has 1 aromatic heterocycles. The van der Waals surface area contributed by atoms with Crippen LogP contribution in [0.4, 0.5) is 5.13 Å². The lowest BCUT2D eigenvalue weighted by molar-refractivity contribution is -0.118. The molecule has 1 saturated heterocycles. The van der Waals surface area contributed by atoms with E-state index < -0.39 is 0 Å². The van der Waals surface area contributed by atoms with Gasteiger partial charge in [0.1, 0.15) is 0 Å². The molecule has 1 aliphatic rings. The lowest BCUT2D eigenvalue weighted by Gasteiger charge is -2.31. The summed E-state index contributed by atoms with van der Waals surface area (Å²) in [5.74, 6) is 0.175. The molecule has 1 amide bonds. The third kappa shape index (κ3) is 2.71. The van der Waals surface area contributed by atoms with E-state index in [0.29, 0.717) is 12.3 Å². The number of thiazole rings is 1. The van der Waals surface area contributed by atoms with Gasteiger partial charge in [-0.15, -0.1) is 0 Å². The number of anilines is 1. The van der Waals surface area contributed by atoms with E-state index >= 15 is 0 Å². The molecule has 2 heterocycles. The molecule has 19 heavy (non-hydrogen) atoms. The van der Waals surface area contributed by atoms with E-state index in [1.807, 2.05) is 18.2 Å². The van der Waals surface area contributed by atoms with E-state index in [1.165, 1.54) is 4.70 Å². The molecule has 0 bridgehead atoms. The minimum absolute atomic E-state index is 0.198. The van der Waals surface area contributed by atoms with Crippen LogP contribution in [0, 0.1) is 5.92 Å². The lowest BCUT2D eigenvalue weighted by Crippen LogP contribution is -2.37. The summed E-state index contributed by atoms with van der Waals surface area (Å²) in [6, 6.07) is 8.19. The zero-order valence-corrected chi connectivity index (χ0v) is 11.5. The van der Waals surface area contributed by atoms with Gasteiger partial charge in [-0.3, -0.25) is 4.79 Å². The van der Waals surface area contributed by atoms with Crippen molar-refractivity contribution in [3.8, 4) is 0 Å². The number of fused-ring (bicyclic) bond motifs is 1. The number of para-hydroxylation sites is 1. The van der Waals surface area contributed by atoms with Crippen molar-refractivity contribution in [1.82, 2.24) is 4.98 Å². The Hall–Kier alpha value is -1.62. The van der Waals surface area contributed by atoms with Crippen LogP contribution in [-0.2, 0) is 4.79 Å². The van der Waals surface area contributed by atoms with Crippen LogP contribution in [0.5, 0.6) is 0 Å². The number of carbonyl (C=O) groups is 1. The van der Waals surface area contributed by atoms with Gasteiger partial charge in [-0.25, -0.2) is 4.98 Å². The monoisotopic (exact) mass is 275 g/mol. The average Bonchev–Trinajstić information content (AvgIpc) is 2.82. The second-order valence-corrected chi connectivity index (χ2v) is 6.10. The van der Waals surface area contributed by atoms with Crippen molar-refractivity contribution in [1.29, 1.82) is 0 Å². The van der Waals surface area contributed by atoms with E-state index in [4.69, 9.17) is 5.73 Å². The first-order valence-electron chi connectivity index (χ1n) is 6.61. The van der Waals surface area contributed by atoms with Crippen LogP contribution < -0.4 is 10.6 Å². The Morgan fingerprint density at radius 1 is 1.47 bits per heavy atom. The Kier molecular flexibility index (Phi) is 3.38. The fraction of sp³-hybridized carbons (Fsp3) is 0.429. The molecule has 1 aliphatic heterocycles. The normalized spacial score (nSPS) is 19.8. The first kappa shape index (κ1) is 12.4. The molecular weight excluding hydrogens is 258 g/mol. The van der Waals surface area contributed by atoms with Gasteiger partial charge in [0.05, 0.1) is 10.2 Å². The first-order chi connectivity index (χ1) is 9.22. The maximum absolute atomic E-state index is 11.0. The van der Waals surface area contributed by atoms with Gasteiger partial charge in [-0.05, 0) is 30.9 Å². The van der Waals surface area contributed by atoms with Crippen LogP contribution in [0.3, 0.4) is 0 Å². The van der Waals surface area contributed by atoms with Crippen molar-refractivity contribution < 1.29 is 4.79 Å². The van der Waals surface area contributed by atoms with Gasteiger partial charge in [0, 0.05) is 19.5 Å². The number of benzene rings is 1. The van der Waals surface area contributed by atoms with E-state index in [0.717, 1.165) is 36.6 Å². The van der Waals surface area contributed by atoms with Gasteiger partial charge < -0.3 is 10.6 Å². The molecule has 0 aliphatic carbocycles. The number of hydrogen-bond acceptors (Lipinski definition) is 4. The zero-order chi connectivity index (χ0) is 13.2. The second kappa shape index (κ2) is 5.17. The van der Waals surface area contributed by atoms with E-state index in [1.54, 1.807) is 11.3 Å². The molecule has 0 spiro atoms. The van der Waals surface area contributed by atoms with Crippen LogP contribution in [0.15, 0.2) is 24.3 Å². The molecule has 1 unspecified atom stereocenters. The summed E-state index contributed by atoms with van der Waals surface area (Å²) in [7, 11) is 0. The second-order valence-electron chi connectivity index (χ2n) is 5.09. The van der Waals surface area contributed by atoms with E-state index in [9.17, 15) is 4.79 Å². The van der Waals surface area contributed by atoms with Crippen molar-refractivity contribution in [3.63, 3.8) is 0 Å². The van der Waals surface area contributed by atoms with Crippen molar-refractivity contribution >= 4 is 32.6 Å². The summed E-state index contributed by atoms with van der Waals surface area (Å²) in [6.45, 7) is 1.91. The summed E-state index contributed by atoms with van der Waals surface area (Å²) in [5.41, 5.74) is 6.35. The zero-order valence-electron chi connectivity index (χ0n) is 10.7. The van der Waals surface area contributed by atoms with Gasteiger partial charge in [0.25, 0.3) is 0 Å². The van der Waals surface area contributed by atoms with Gasteiger partial charge in [0.15, 0.2) is 5.13 Å². The molecule has 0 radical (unpaired) electrons. The van der Waals surface area contributed by atoms with E-state index in [-0.39, 0.29) is 5.91 Å². The van der Waals surface area contributed by atoms with E-state index in [2.05, 4.69) is 16.0 Å². The number of aromatic nitrogens is 1. The highest BCUT2D eigenvalue weighted by molar-refractivity contribution is 7.22. The summed E-state index contributed by atoms with van der Waals surface area (Å²) in [6.07, 6.45) is 2.68. The Labute approximate surface area is 116 Å². The number of primary amides is 1. The van der Waals surface area contributed by atoms with Crippen molar-refractivity contribution in [2.24, 2.45) is 11.7 Å². The minimum atomic E-state index is -0.198. The summed E-state index contributed by atoms with van der Waals surface area (Å²) >= 11 is 1.72. The van der Waals surface area contributed by atoms with Crippen LogP contribution in [0.25, 0.3) is 10.2 Å². The molecule has 4 nitrogen and oxygen atoms in total. The van der Waals surface area contributed by atoms with Crippen LogP contribution in [0.2, 0.25) is 0 Å². The number of amides is 1. The number of rotatable bonds is 3. The Morgan fingerprint density at radius 3 is 3.11 bits per heavy atom. The van der Waals surface area contributed by atoms with Crippen LogP contribution in [-0.4, -0.2) is 24.0 Å². The van der Waals surface area contributed by atoms with Crippen LogP contribution >= 0.6 is 11.3 Å². The third-order valence-electron chi connectivity index (χ3n) is 3.56. The molecule has 3 rings (SSSR count). The smallest absolute Gasteiger partial charge is 0.217 e. The van der Waals surface area contributed by atoms with Gasteiger partial charge in [-0.1, -0.05) is 23.5 Å². The van der Waals surface area contributed by atoms with Crippen molar-refractivity contribution in [3.05, 3.63) is 24.3 Å². The molecule has 1 atom stereocenters. The first-order valence-corrected chi connectivity index (χ1v) is 7.43. The summed E-state index contributed by atoms with van der Waals surface area (Å²) in [5, 5.41) is 1.07. The Balaban J connectivity index is 1.79. The lowest BCUT2D eigenvalue weighted by atomic mass is 9.95. The predicted octanol–water partition coefficient (Wildman–Crippen LogP) is 2.39. The quantitative estimate of drug-likeness (QED) is 0.935. The minimum Gasteiger partial charge on any atom is -0.370 e. The summed E-state index contributed by atoms with van der Waals surface area (Å²) in [4.78, 5) is 18.0. The molecule has 2 aromatic rings. The Morgan fingerprint density at radius 2 is 2.32 bits per heavy atom. The number of hydrogen-bond donors (Lipinski definition) is 1. The number of nitrogens with two attached hydrogens (primary N) is 1. The number of piperidine rings is 1. The largest absolute Gasteiger partial charge is 0.370 e. The molecule has 100 valence electrons. The van der Waals surface area contributed by atoms with Gasteiger partial charge in [0.2, 0.25) is 5.91 Å². The maximum Gasteiger partial charge on any atom is 0.217 e. The highest BCUT2D eigenvalue weighted by Gasteiger charge is 2.23. The molecule has 0 saturated carbocycles. The van der Waals surface area contributed by atoms with Crippen molar-refractivity contribution in [2.45, 2.75) is 19.3 Å².